The molecule has 0 unspecified atom stereocenters. The van der Waals surface area contributed by atoms with Gasteiger partial charge in [-0.3, -0.25) is 19.4 Å². The van der Waals surface area contributed by atoms with Crippen LogP contribution < -0.4 is 10.1 Å². The monoisotopic (exact) mass is 735 g/mol. The van der Waals surface area contributed by atoms with Gasteiger partial charge in [-0.05, 0) is 110 Å². The highest BCUT2D eigenvalue weighted by atomic mass is 35.5. The summed E-state index contributed by atoms with van der Waals surface area (Å²) in [7, 11) is 1.12. The summed E-state index contributed by atoms with van der Waals surface area (Å²) in [6.07, 6.45) is -7.36. The maximum Gasteiger partial charge on any atom is 0.419 e. The van der Waals surface area contributed by atoms with Gasteiger partial charge in [-0.25, -0.2) is 0 Å². The topological polar surface area (TPSA) is 82.1 Å². The van der Waals surface area contributed by atoms with Gasteiger partial charge in [0.2, 0.25) is 0 Å². The van der Waals surface area contributed by atoms with Crippen molar-refractivity contribution in [1.82, 2.24) is 9.80 Å². The number of benzene rings is 3. The summed E-state index contributed by atoms with van der Waals surface area (Å²) in [6, 6.07) is 13.4. The number of alkyl halides is 6. The van der Waals surface area contributed by atoms with Crippen LogP contribution in [0.5, 0.6) is 5.75 Å². The van der Waals surface area contributed by atoms with Crippen LogP contribution in [0, 0.1) is 0 Å². The number of amides is 1. The van der Waals surface area contributed by atoms with E-state index in [2.05, 4.69) is 5.32 Å². The lowest BCUT2D eigenvalue weighted by molar-refractivity contribution is -0.177. The number of aliphatic carboxylic acids is 1. The first-order chi connectivity index (χ1) is 22.2. The maximum absolute atomic E-state index is 13.8. The third-order valence-corrected chi connectivity index (χ3v) is 8.88. The van der Waals surface area contributed by atoms with Crippen molar-refractivity contribution in [3.8, 4) is 16.9 Å². The number of likely N-dealkylation sites (tertiary alicyclic amines) is 2. The van der Waals surface area contributed by atoms with Gasteiger partial charge in [-0.1, -0.05) is 24.3 Å². The fourth-order valence-corrected chi connectivity index (χ4v) is 6.51. The van der Waals surface area contributed by atoms with E-state index in [0.717, 1.165) is 31.6 Å². The first kappa shape index (κ1) is 39.9. The quantitative estimate of drug-likeness (QED) is 0.216. The van der Waals surface area contributed by atoms with Gasteiger partial charge >= 0.3 is 18.3 Å². The lowest BCUT2D eigenvalue weighted by Gasteiger charge is -2.31. The molecule has 49 heavy (non-hydrogen) atoms. The number of rotatable bonds is 9. The zero-order valence-corrected chi connectivity index (χ0v) is 28.1. The smallest absolute Gasteiger partial charge is 0.419 e. The summed E-state index contributed by atoms with van der Waals surface area (Å²) in [6.45, 7) is 1.31. The van der Waals surface area contributed by atoms with E-state index in [1.165, 1.54) is 35.2 Å². The van der Waals surface area contributed by atoms with Gasteiger partial charge in [-0.15, -0.1) is 24.8 Å². The Hall–Kier alpha value is -3.52. The van der Waals surface area contributed by atoms with E-state index in [9.17, 15) is 35.9 Å². The van der Waals surface area contributed by atoms with Crippen LogP contribution >= 0.6 is 24.8 Å². The minimum atomic E-state index is -4.72. The second-order valence-electron chi connectivity index (χ2n) is 12.0. The average molecular weight is 737 g/mol. The highest BCUT2D eigenvalue weighted by Crippen LogP contribution is 2.41. The second-order valence-corrected chi connectivity index (χ2v) is 12.0. The van der Waals surface area contributed by atoms with Crippen LogP contribution in [0.25, 0.3) is 11.1 Å². The van der Waals surface area contributed by atoms with Crippen LogP contribution in [0.15, 0.2) is 60.7 Å². The fraction of sp³-hybridized carbons (Fsp3) is 0.412. The van der Waals surface area contributed by atoms with E-state index < -0.39 is 35.8 Å². The number of hydrogen-bond acceptors (Lipinski definition) is 5. The molecule has 0 aliphatic carbocycles. The summed E-state index contributed by atoms with van der Waals surface area (Å²) in [4.78, 5) is 27.3. The van der Waals surface area contributed by atoms with Gasteiger partial charge in [0.05, 0.1) is 19.2 Å². The van der Waals surface area contributed by atoms with Crippen LogP contribution in [0.3, 0.4) is 0 Å². The lowest BCUT2D eigenvalue weighted by atomic mass is 9.89. The molecule has 268 valence electrons. The van der Waals surface area contributed by atoms with Gasteiger partial charge in [0.1, 0.15) is 11.8 Å². The van der Waals surface area contributed by atoms with E-state index in [4.69, 9.17) is 9.84 Å². The summed E-state index contributed by atoms with van der Waals surface area (Å²) in [5, 5.41) is 11.8. The Kier molecular flexibility index (Phi) is 13.4. The minimum Gasteiger partial charge on any atom is -0.496 e. The molecule has 2 heterocycles. The van der Waals surface area contributed by atoms with E-state index >= 15 is 0 Å². The number of carbonyl (C=O) groups is 2. The number of nitrogens with one attached hydrogen (secondary N) is 1. The van der Waals surface area contributed by atoms with Crippen molar-refractivity contribution in [2.75, 3.05) is 38.6 Å². The van der Waals surface area contributed by atoms with Crippen LogP contribution in [-0.4, -0.2) is 72.3 Å². The standard InChI is InChI=1S/C34H35F6N3O4.2ClH/c1-47-29-11-8-24(18-28(29)33(35,36)37)27-10-9-26(17-25(27)19-43-14-2-3-30(43)34(38,39)40)41-32(46)23-6-4-21(5-7-23)22-12-15-42(16-13-22)20-31(44)45;;/h4-11,17-18,22,30H,2-3,12-16,19-20H2,1H3,(H,41,46)(H,44,45);2*1H/t30-;;/m0../s1. The summed E-state index contributed by atoms with van der Waals surface area (Å²) < 4.78 is 87.7. The predicted molar refractivity (Wildman–Crippen MR) is 178 cm³/mol. The number of carboxylic acids is 1. The molecule has 0 saturated carbocycles. The molecular formula is C34H37Cl2F6N3O4. The molecule has 2 saturated heterocycles. The normalized spacial score (nSPS) is 17.6. The number of carboxylic acid groups (broad SMARTS) is 1. The number of hydrogen-bond donors (Lipinski definition) is 2. The Bertz CT molecular complexity index is 1600. The molecule has 1 atom stereocenters. The van der Waals surface area contributed by atoms with E-state index in [1.54, 1.807) is 12.1 Å². The van der Waals surface area contributed by atoms with Crippen molar-refractivity contribution in [3.63, 3.8) is 0 Å². The van der Waals surface area contributed by atoms with E-state index in [-0.39, 0.29) is 73.8 Å². The number of piperidine rings is 1. The molecule has 1 amide bonds. The number of anilines is 1. The largest absolute Gasteiger partial charge is 0.496 e. The van der Waals surface area contributed by atoms with Crippen molar-refractivity contribution in [3.05, 3.63) is 82.9 Å². The van der Waals surface area contributed by atoms with Gasteiger partial charge in [0.25, 0.3) is 5.91 Å². The molecule has 15 heteroatoms. The van der Waals surface area contributed by atoms with Crippen molar-refractivity contribution in [1.29, 1.82) is 0 Å². The van der Waals surface area contributed by atoms with Crippen molar-refractivity contribution < 1.29 is 45.8 Å². The first-order valence-electron chi connectivity index (χ1n) is 15.3. The predicted octanol–water partition coefficient (Wildman–Crippen LogP) is 8.27. The van der Waals surface area contributed by atoms with Gasteiger partial charge in [-0.2, -0.15) is 26.3 Å². The molecule has 2 fully saturated rings. The third kappa shape index (κ3) is 9.80. The zero-order chi connectivity index (χ0) is 33.9. The molecule has 0 bridgehead atoms. The van der Waals surface area contributed by atoms with Crippen LogP contribution in [0.4, 0.5) is 32.0 Å². The number of ether oxygens (including phenoxy) is 1. The Morgan fingerprint density at radius 2 is 1.57 bits per heavy atom. The molecule has 0 spiro atoms. The summed E-state index contributed by atoms with van der Waals surface area (Å²) >= 11 is 0. The van der Waals surface area contributed by atoms with E-state index in [0.29, 0.717) is 36.2 Å². The molecule has 2 N–H and O–H groups in total. The fourth-order valence-electron chi connectivity index (χ4n) is 6.51. The number of methoxy groups -OCH3 is 1. The Labute approximate surface area is 292 Å². The molecular weight excluding hydrogens is 699 g/mol. The number of halogens is 8. The Morgan fingerprint density at radius 3 is 2.16 bits per heavy atom. The molecule has 2 aliphatic rings. The molecule has 0 radical (unpaired) electrons. The molecule has 3 aromatic carbocycles. The number of carbonyl (C=O) groups excluding carboxylic acids is 1. The SMILES string of the molecule is COc1ccc(-c2ccc(NC(=O)c3ccc(C4CCN(CC(=O)O)CC4)cc3)cc2CN2CCC[C@H]2C(F)(F)F)cc1C(F)(F)F.Cl.Cl. The van der Waals surface area contributed by atoms with Crippen LogP contribution in [0.2, 0.25) is 0 Å². The lowest BCUT2D eigenvalue weighted by Crippen LogP contribution is -2.40. The number of nitrogens with zero attached hydrogens (tertiary/aromatic N) is 2. The third-order valence-electron chi connectivity index (χ3n) is 8.88. The van der Waals surface area contributed by atoms with Crippen molar-refractivity contribution in [2.45, 2.75) is 56.5 Å². The average Bonchev–Trinajstić information content (AvgIpc) is 3.50. The highest BCUT2D eigenvalue weighted by molar-refractivity contribution is 6.04. The van der Waals surface area contributed by atoms with Crippen LogP contribution in [-0.2, 0) is 17.5 Å². The van der Waals surface area contributed by atoms with Gasteiger partial charge in [0, 0.05) is 17.8 Å². The zero-order valence-electron chi connectivity index (χ0n) is 26.4. The maximum atomic E-state index is 13.8. The molecule has 0 aromatic heterocycles. The van der Waals surface area contributed by atoms with Gasteiger partial charge < -0.3 is 15.2 Å². The Balaban J connectivity index is 0.00000325. The Morgan fingerprint density at radius 1 is 0.898 bits per heavy atom. The molecule has 5 rings (SSSR count). The summed E-state index contributed by atoms with van der Waals surface area (Å²) in [5.41, 5.74) is 1.46. The van der Waals surface area contributed by atoms with Crippen molar-refractivity contribution >= 4 is 42.4 Å². The first-order valence-corrected chi connectivity index (χ1v) is 15.3. The van der Waals surface area contributed by atoms with Gasteiger partial charge in [0.15, 0.2) is 0 Å². The molecule has 2 aliphatic heterocycles. The highest BCUT2D eigenvalue weighted by Gasteiger charge is 2.46. The minimum absolute atomic E-state index is 0. The molecule has 7 nitrogen and oxygen atoms in total. The van der Waals surface area contributed by atoms with Crippen LogP contribution in [0.1, 0.15) is 58.6 Å². The summed E-state index contributed by atoms with van der Waals surface area (Å²) in [5.74, 6) is -1.46. The van der Waals surface area contributed by atoms with E-state index in [1.807, 2.05) is 17.0 Å². The van der Waals surface area contributed by atoms with Crippen molar-refractivity contribution in [2.24, 2.45) is 0 Å². The molecule has 3 aromatic rings. The second kappa shape index (κ2) is 16.5.